The number of fused-ring (bicyclic) bond motifs is 1. The van der Waals surface area contributed by atoms with Crippen molar-refractivity contribution in [3.63, 3.8) is 0 Å². The molecule has 13 nitrogen and oxygen atoms in total. The molecule has 4 saturated heterocycles. The van der Waals surface area contributed by atoms with Gasteiger partial charge in [-0.1, -0.05) is 37.6 Å². The molecule has 0 aliphatic carbocycles. The molecule has 3 aromatic carbocycles. The van der Waals surface area contributed by atoms with E-state index in [1.807, 2.05) is 42.6 Å². The van der Waals surface area contributed by atoms with E-state index >= 15 is 0 Å². The molecule has 1 unspecified atom stereocenters. The minimum atomic E-state index is -0.963. The Kier molecular flexibility index (Phi) is 10.8. The Bertz CT molecular complexity index is 2430. The molecular weight excluding hydrogens is 792 g/mol. The SMILES string of the molecule is CC(C)(c1ccc(OCc2ccnc(N3CCC4(CC3)CN(CC3CCN(c5ccc6c(c5)C(=O)N(C5CCC(=O)NC5=O)C6=O)CC3)C4)n2)cc1)c1cc(Cl)cc(C#N)c1. The van der Waals surface area contributed by atoms with E-state index < -0.39 is 23.8 Å². The van der Waals surface area contributed by atoms with Crippen LogP contribution in [0.15, 0.2) is 72.9 Å². The minimum absolute atomic E-state index is 0.0996. The molecule has 314 valence electrons. The van der Waals surface area contributed by atoms with Crippen LogP contribution in [0.2, 0.25) is 5.02 Å². The van der Waals surface area contributed by atoms with E-state index in [9.17, 15) is 24.4 Å². The zero-order valence-corrected chi connectivity index (χ0v) is 35.3. The van der Waals surface area contributed by atoms with Crippen LogP contribution in [0, 0.1) is 22.7 Å². The number of ether oxygens (including phenoxy) is 1. The van der Waals surface area contributed by atoms with E-state index in [1.54, 1.807) is 18.2 Å². The van der Waals surface area contributed by atoms with Gasteiger partial charge in [-0.15, -0.1) is 0 Å². The summed E-state index contributed by atoms with van der Waals surface area (Å²) < 4.78 is 6.15. The molecule has 4 amide bonds. The second-order valence-electron chi connectivity index (χ2n) is 17.9. The Balaban J connectivity index is 0.717. The second-order valence-corrected chi connectivity index (χ2v) is 18.3. The highest BCUT2D eigenvalue weighted by molar-refractivity contribution is 6.30. The number of likely N-dealkylation sites (tertiary alicyclic amines) is 1. The summed E-state index contributed by atoms with van der Waals surface area (Å²) in [5, 5.41) is 12.2. The number of rotatable bonds is 10. The topological polar surface area (TPSA) is 152 Å². The lowest BCUT2D eigenvalue weighted by Crippen LogP contribution is -2.61. The number of nitrogens with zero attached hydrogens (tertiary/aromatic N) is 7. The van der Waals surface area contributed by atoms with Crippen LogP contribution < -0.4 is 19.9 Å². The van der Waals surface area contributed by atoms with E-state index in [-0.39, 0.29) is 24.2 Å². The Labute approximate surface area is 360 Å². The molecule has 6 heterocycles. The first-order valence-corrected chi connectivity index (χ1v) is 21.6. The molecule has 9 rings (SSSR count). The highest BCUT2D eigenvalue weighted by Crippen LogP contribution is 2.42. The van der Waals surface area contributed by atoms with Gasteiger partial charge in [-0.05, 0) is 109 Å². The van der Waals surface area contributed by atoms with Crippen molar-refractivity contribution in [1.29, 1.82) is 5.26 Å². The van der Waals surface area contributed by atoms with Crippen LogP contribution in [0.5, 0.6) is 5.75 Å². The number of hydrogen-bond acceptors (Lipinski definition) is 11. The maximum Gasteiger partial charge on any atom is 0.262 e. The van der Waals surface area contributed by atoms with Gasteiger partial charge in [0.2, 0.25) is 17.8 Å². The fraction of sp³-hybridized carbons (Fsp3) is 0.426. The first-order valence-electron chi connectivity index (χ1n) is 21.2. The van der Waals surface area contributed by atoms with Crippen molar-refractivity contribution in [2.45, 2.75) is 70.4 Å². The van der Waals surface area contributed by atoms with Crippen molar-refractivity contribution in [3.8, 4) is 11.8 Å². The predicted octanol–water partition coefficient (Wildman–Crippen LogP) is 6.13. The largest absolute Gasteiger partial charge is 0.487 e. The lowest BCUT2D eigenvalue weighted by Gasteiger charge is -2.55. The highest BCUT2D eigenvalue weighted by atomic mass is 35.5. The molecule has 4 aromatic rings. The summed E-state index contributed by atoms with van der Waals surface area (Å²) in [5.74, 6) is 0.174. The Morgan fingerprint density at radius 3 is 2.33 bits per heavy atom. The van der Waals surface area contributed by atoms with Crippen LogP contribution in [0.25, 0.3) is 0 Å². The molecule has 4 fully saturated rings. The number of benzene rings is 3. The van der Waals surface area contributed by atoms with Gasteiger partial charge in [0.05, 0.1) is 28.5 Å². The average Bonchev–Trinajstić information content (AvgIpc) is 3.50. The number of hydrogen-bond donors (Lipinski definition) is 1. The van der Waals surface area contributed by atoms with E-state index in [0.717, 1.165) is 111 Å². The Morgan fingerprint density at radius 2 is 1.61 bits per heavy atom. The van der Waals surface area contributed by atoms with Gasteiger partial charge in [0.25, 0.3) is 11.8 Å². The first-order chi connectivity index (χ1) is 29.4. The summed E-state index contributed by atoms with van der Waals surface area (Å²) >= 11 is 6.31. The van der Waals surface area contributed by atoms with Crippen molar-refractivity contribution < 1.29 is 23.9 Å². The van der Waals surface area contributed by atoms with Crippen molar-refractivity contribution >= 4 is 46.9 Å². The predicted molar refractivity (Wildman–Crippen MR) is 229 cm³/mol. The maximum atomic E-state index is 13.4. The summed E-state index contributed by atoms with van der Waals surface area (Å²) in [5.41, 5.74) is 4.98. The number of carbonyl (C=O) groups excluding carboxylic acids is 4. The Hall–Kier alpha value is -5.84. The zero-order chi connectivity index (χ0) is 42.5. The number of anilines is 2. The standard InChI is InChI=1S/C47H49ClN8O5/c1-46(2,33-21-31(25-49)22-34(48)23-33)32-3-6-37(7-4-32)61-27-35-11-16-50-45(51-35)55-19-14-47(15-20-55)28-53(29-47)26-30-12-17-54(18-13-30)36-5-8-38-39(24-36)44(60)56(43(38)59)40-9-10-41(57)52-42(40)58/h3-8,11,16,21-24,30,40H,9-10,12-15,17-20,26-29H2,1-2H3,(H,52,57,58). The zero-order valence-electron chi connectivity index (χ0n) is 34.5. The lowest BCUT2D eigenvalue weighted by molar-refractivity contribution is -0.136. The number of amides is 4. The molecule has 61 heavy (non-hydrogen) atoms. The van der Waals surface area contributed by atoms with E-state index in [4.69, 9.17) is 21.3 Å². The second kappa shape index (κ2) is 16.2. The van der Waals surface area contributed by atoms with Crippen LogP contribution in [-0.4, -0.2) is 95.3 Å². The Morgan fingerprint density at radius 1 is 0.869 bits per heavy atom. The number of carbonyl (C=O) groups is 4. The molecule has 0 radical (unpaired) electrons. The van der Waals surface area contributed by atoms with Gasteiger partial charge in [0, 0.05) is 74.6 Å². The van der Waals surface area contributed by atoms with E-state index in [0.29, 0.717) is 39.7 Å². The normalized spacial score (nSPS) is 20.7. The molecule has 1 aromatic heterocycles. The fourth-order valence-electron chi connectivity index (χ4n) is 9.85. The number of piperidine rings is 3. The molecular formula is C47H49ClN8O5. The molecule has 1 N–H and O–H groups in total. The van der Waals surface area contributed by atoms with Crippen LogP contribution in [-0.2, 0) is 21.6 Å². The number of imide groups is 2. The van der Waals surface area contributed by atoms with Gasteiger partial charge < -0.3 is 19.4 Å². The molecule has 1 atom stereocenters. The van der Waals surface area contributed by atoms with Crippen LogP contribution in [0.1, 0.15) is 95.5 Å². The molecule has 0 saturated carbocycles. The molecule has 14 heteroatoms. The van der Waals surface area contributed by atoms with Gasteiger partial charge in [-0.3, -0.25) is 29.4 Å². The third-order valence-corrected chi connectivity index (χ3v) is 13.8. The molecule has 0 bridgehead atoms. The van der Waals surface area contributed by atoms with Gasteiger partial charge in [-0.2, -0.15) is 5.26 Å². The monoisotopic (exact) mass is 840 g/mol. The minimum Gasteiger partial charge on any atom is -0.487 e. The van der Waals surface area contributed by atoms with Crippen molar-refractivity contribution in [2.75, 3.05) is 55.6 Å². The number of halogens is 1. The van der Waals surface area contributed by atoms with Gasteiger partial charge in [-0.25, -0.2) is 9.97 Å². The van der Waals surface area contributed by atoms with Crippen molar-refractivity contribution in [1.82, 2.24) is 25.1 Å². The number of nitrogens with one attached hydrogen (secondary N) is 1. The molecule has 5 aliphatic rings. The van der Waals surface area contributed by atoms with Crippen molar-refractivity contribution in [3.05, 3.63) is 111 Å². The molecule has 1 spiro atoms. The van der Waals surface area contributed by atoms with Gasteiger partial charge in [0.1, 0.15) is 18.4 Å². The first kappa shape index (κ1) is 40.6. The summed E-state index contributed by atoms with van der Waals surface area (Å²) in [6.07, 6.45) is 6.40. The van der Waals surface area contributed by atoms with Crippen LogP contribution >= 0.6 is 11.6 Å². The summed E-state index contributed by atoms with van der Waals surface area (Å²) in [4.78, 5) is 68.3. The molecule has 5 aliphatic heterocycles. The summed E-state index contributed by atoms with van der Waals surface area (Å²) in [6.45, 7) is 11.5. The van der Waals surface area contributed by atoms with E-state index in [1.165, 1.54) is 0 Å². The quantitative estimate of drug-likeness (QED) is 0.184. The number of nitriles is 1. The smallest absolute Gasteiger partial charge is 0.262 e. The fourth-order valence-corrected chi connectivity index (χ4v) is 10.1. The average molecular weight is 841 g/mol. The third kappa shape index (κ3) is 8.07. The maximum absolute atomic E-state index is 13.4. The van der Waals surface area contributed by atoms with Gasteiger partial charge in [0.15, 0.2) is 0 Å². The summed E-state index contributed by atoms with van der Waals surface area (Å²) in [7, 11) is 0. The summed E-state index contributed by atoms with van der Waals surface area (Å²) in [6, 6.07) is 22.1. The lowest BCUT2D eigenvalue weighted by atomic mass is 9.71. The highest BCUT2D eigenvalue weighted by Gasteiger charge is 2.47. The number of aromatic nitrogens is 2. The van der Waals surface area contributed by atoms with E-state index in [2.05, 4.69) is 57.0 Å². The third-order valence-electron chi connectivity index (χ3n) is 13.6. The van der Waals surface area contributed by atoms with Crippen molar-refractivity contribution in [2.24, 2.45) is 11.3 Å². The van der Waals surface area contributed by atoms with Gasteiger partial charge >= 0.3 is 0 Å². The van der Waals surface area contributed by atoms with Crippen LogP contribution in [0.4, 0.5) is 11.6 Å². The van der Waals surface area contributed by atoms with Crippen LogP contribution in [0.3, 0.4) is 0 Å².